The third-order valence-corrected chi connectivity index (χ3v) is 5.48. The van der Waals surface area contributed by atoms with Gasteiger partial charge in [-0.25, -0.2) is 4.79 Å². The van der Waals surface area contributed by atoms with Gasteiger partial charge >= 0.3 is 5.97 Å². The second-order valence-corrected chi connectivity index (χ2v) is 6.96. The minimum atomic E-state index is -0.965. The number of benzene rings is 1. The van der Waals surface area contributed by atoms with Crippen LogP contribution in [0.3, 0.4) is 0 Å². The van der Waals surface area contributed by atoms with Gasteiger partial charge in [0.2, 0.25) is 5.91 Å². The highest BCUT2D eigenvalue weighted by Crippen LogP contribution is 2.30. The van der Waals surface area contributed by atoms with Crippen molar-refractivity contribution < 1.29 is 19.4 Å². The molecule has 0 saturated carbocycles. The molecule has 2 saturated heterocycles. The molecule has 3 rings (SSSR count). The molecule has 0 aliphatic carbocycles. The van der Waals surface area contributed by atoms with E-state index in [9.17, 15) is 9.59 Å². The van der Waals surface area contributed by atoms with E-state index in [1.165, 1.54) is 0 Å². The number of thioether (sulfide) groups is 1. The van der Waals surface area contributed by atoms with Gasteiger partial charge in [0.1, 0.15) is 0 Å². The van der Waals surface area contributed by atoms with E-state index in [-0.39, 0.29) is 23.9 Å². The van der Waals surface area contributed by atoms with E-state index in [0.29, 0.717) is 18.5 Å². The molecule has 0 bridgehead atoms. The molecule has 2 aliphatic rings. The Kier molecular flexibility index (Phi) is 4.69. The van der Waals surface area contributed by atoms with Crippen LogP contribution in [0, 0.1) is 0 Å². The highest BCUT2D eigenvalue weighted by Gasteiger charge is 2.36. The molecule has 2 unspecified atom stereocenters. The van der Waals surface area contributed by atoms with E-state index in [0.717, 1.165) is 24.3 Å². The van der Waals surface area contributed by atoms with Crippen LogP contribution >= 0.6 is 11.8 Å². The van der Waals surface area contributed by atoms with Gasteiger partial charge in [-0.2, -0.15) is 11.8 Å². The molecule has 5 nitrogen and oxygen atoms in total. The summed E-state index contributed by atoms with van der Waals surface area (Å²) in [5, 5.41) is 9.41. The first-order valence-corrected chi connectivity index (χ1v) is 8.51. The average Bonchev–Trinajstić information content (AvgIpc) is 2.54. The highest BCUT2D eigenvalue weighted by atomic mass is 32.2. The standard InChI is InChI=1S/C16H19NO4S/c18-15(9-11-2-1-3-12(8-11)16(19)20)17-5-7-22-14-10-21-6-4-13(14)17/h1-3,8,13-14H,4-7,9-10H2,(H,19,20). The van der Waals surface area contributed by atoms with Crippen molar-refractivity contribution in [3.8, 4) is 0 Å². The Morgan fingerprint density at radius 1 is 1.41 bits per heavy atom. The Labute approximate surface area is 133 Å². The van der Waals surface area contributed by atoms with E-state index in [1.54, 1.807) is 18.2 Å². The second kappa shape index (κ2) is 6.71. The van der Waals surface area contributed by atoms with Crippen LogP contribution in [0.25, 0.3) is 0 Å². The minimum absolute atomic E-state index is 0.0831. The molecule has 2 aliphatic heterocycles. The van der Waals surface area contributed by atoms with E-state index in [4.69, 9.17) is 9.84 Å². The summed E-state index contributed by atoms with van der Waals surface area (Å²) in [6.07, 6.45) is 1.15. The number of amides is 1. The van der Waals surface area contributed by atoms with Gasteiger partial charge in [0.25, 0.3) is 0 Å². The van der Waals surface area contributed by atoms with Gasteiger partial charge in [-0.1, -0.05) is 12.1 Å². The second-order valence-electron chi connectivity index (χ2n) is 5.61. The summed E-state index contributed by atoms with van der Waals surface area (Å²) in [4.78, 5) is 25.6. The van der Waals surface area contributed by atoms with Crippen molar-refractivity contribution in [1.82, 2.24) is 4.90 Å². The number of ether oxygens (including phenoxy) is 1. The SMILES string of the molecule is O=C(O)c1cccc(CC(=O)N2CCSC3COCCC32)c1. The number of hydrogen-bond donors (Lipinski definition) is 1. The molecule has 118 valence electrons. The minimum Gasteiger partial charge on any atom is -0.478 e. The van der Waals surface area contributed by atoms with Gasteiger partial charge in [-0.3, -0.25) is 4.79 Å². The summed E-state index contributed by atoms with van der Waals surface area (Å²) in [6, 6.07) is 6.88. The Bertz CT molecular complexity index is 575. The van der Waals surface area contributed by atoms with Crippen LogP contribution in [0.1, 0.15) is 22.3 Å². The lowest BCUT2D eigenvalue weighted by Gasteiger charge is -2.43. The van der Waals surface area contributed by atoms with Gasteiger partial charge < -0.3 is 14.7 Å². The van der Waals surface area contributed by atoms with E-state index >= 15 is 0 Å². The zero-order valence-electron chi connectivity index (χ0n) is 12.2. The van der Waals surface area contributed by atoms with Crippen LogP contribution in [0.5, 0.6) is 0 Å². The van der Waals surface area contributed by atoms with Crippen molar-refractivity contribution >= 4 is 23.6 Å². The molecule has 2 atom stereocenters. The molecule has 2 fully saturated rings. The predicted molar refractivity (Wildman–Crippen MR) is 84.3 cm³/mol. The molecular formula is C16H19NO4S. The topological polar surface area (TPSA) is 66.8 Å². The highest BCUT2D eigenvalue weighted by molar-refractivity contribution is 8.00. The van der Waals surface area contributed by atoms with Gasteiger partial charge in [0.15, 0.2) is 0 Å². The molecule has 0 radical (unpaired) electrons. The van der Waals surface area contributed by atoms with Crippen molar-refractivity contribution in [3.05, 3.63) is 35.4 Å². The fourth-order valence-electron chi connectivity index (χ4n) is 3.08. The lowest BCUT2D eigenvalue weighted by Crippen LogP contribution is -2.54. The maximum atomic E-state index is 12.6. The third kappa shape index (κ3) is 3.28. The summed E-state index contributed by atoms with van der Waals surface area (Å²) in [5.41, 5.74) is 0.982. The number of carbonyl (C=O) groups excluding carboxylic acids is 1. The zero-order valence-corrected chi connectivity index (χ0v) is 13.1. The summed E-state index contributed by atoms with van der Waals surface area (Å²) < 4.78 is 5.50. The Hall–Kier alpha value is -1.53. The molecule has 0 spiro atoms. The molecule has 2 heterocycles. The monoisotopic (exact) mass is 321 g/mol. The fourth-order valence-corrected chi connectivity index (χ4v) is 4.39. The third-order valence-electron chi connectivity index (χ3n) is 4.18. The van der Waals surface area contributed by atoms with Crippen LogP contribution < -0.4 is 0 Å². The number of hydrogen-bond acceptors (Lipinski definition) is 4. The Morgan fingerprint density at radius 2 is 2.27 bits per heavy atom. The maximum Gasteiger partial charge on any atom is 0.335 e. The first-order chi connectivity index (χ1) is 10.6. The lowest BCUT2D eigenvalue weighted by atomic mass is 10.0. The zero-order chi connectivity index (χ0) is 15.5. The number of carbonyl (C=O) groups is 2. The summed E-state index contributed by atoms with van der Waals surface area (Å²) in [5.74, 6) is 0.0544. The lowest BCUT2D eigenvalue weighted by molar-refractivity contribution is -0.134. The normalized spacial score (nSPS) is 24.6. The van der Waals surface area contributed by atoms with Crippen molar-refractivity contribution in [2.75, 3.05) is 25.5 Å². The predicted octanol–water partition coefficient (Wildman–Crippen LogP) is 1.66. The smallest absolute Gasteiger partial charge is 0.335 e. The first-order valence-electron chi connectivity index (χ1n) is 7.46. The number of nitrogens with zero attached hydrogens (tertiary/aromatic N) is 1. The van der Waals surface area contributed by atoms with E-state index in [2.05, 4.69) is 0 Å². The number of fused-ring (bicyclic) bond motifs is 1. The summed E-state index contributed by atoms with van der Waals surface area (Å²) >= 11 is 1.88. The van der Waals surface area contributed by atoms with Crippen LogP contribution in [-0.2, 0) is 16.0 Å². The van der Waals surface area contributed by atoms with Crippen LogP contribution in [-0.4, -0.2) is 58.7 Å². The van der Waals surface area contributed by atoms with Gasteiger partial charge in [-0.15, -0.1) is 0 Å². The van der Waals surface area contributed by atoms with Crippen LogP contribution in [0.2, 0.25) is 0 Å². The molecule has 1 aromatic rings. The van der Waals surface area contributed by atoms with Gasteiger partial charge in [-0.05, 0) is 24.1 Å². The number of aromatic carboxylic acids is 1. The van der Waals surface area contributed by atoms with Crippen molar-refractivity contribution in [2.24, 2.45) is 0 Å². The van der Waals surface area contributed by atoms with Crippen molar-refractivity contribution in [2.45, 2.75) is 24.1 Å². The molecular weight excluding hydrogens is 302 g/mol. The molecule has 6 heteroatoms. The Balaban J connectivity index is 1.70. The largest absolute Gasteiger partial charge is 0.478 e. The Morgan fingerprint density at radius 3 is 3.09 bits per heavy atom. The quantitative estimate of drug-likeness (QED) is 0.917. The maximum absolute atomic E-state index is 12.6. The van der Waals surface area contributed by atoms with Gasteiger partial charge in [0.05, 0.1) is 18.6 Å². The summed E-state index contributed by atoms with van der Waals surface area (Å²) in [6.45, 7) is 2.19. The van der Waals surface area contributed by atoms with Gasteiger partial charge in [0, 0.05) is 30.2 Å². The molecule has 0 aromatic heterocycles. The van der Waals surface area contributed by atoms with Crippen molar-refractivity contribution in [1.29, 1.82) is 0 Å². The number of carboxylic acid groups (broad SMARTS) is 1. The van der Waals surface area contributed by atoms with Crippen molar-refractivity contribution in [3.63, 3.8) is 0 Å². The van der Waals surface area contributed by atoms with Crippen LogP contribution in [0.4, 0.5) is 0 Å². The fraction of sp³-hybridized carbons (Fsp3) is 0.500. The van der Waals surface area contributed by atoms with E-state index in [1.807, 2.05) is 22.7 Å². The molecule has 1 N–H and O–H groups in total. The first kappa shape index (κ1) is 15.4. The molecule has 22 heavy (non-hydrogen) atoms. The molecule has 1 aromatic carbocycles. The van der Waals surface area contributed by atoms with E-state index < -0.39 is 5.97 Å². The van der Waals surface area contributed by atoms with Crippen LogP contribution in [0.15, 0.2) is 24.3 Å². The average molecular weight is 321 g/mol. The summed E-state index contributed by atoms with van der Waals surface area (Å²) in [7, 11) is 0. The number of rotatable bonds is 3. The molecule has 1 amide bonds. The number of carboxylic acids is 1.